The highest BCUT2D eigenvalue weighted by atomic mass is 35.5. The maximum absolute atomic E-state index is 11.8. The summed E-state index contributed by atoms with van der Waals surface area (Å²) in [7, 11) is 1.51. The molecule has 1 amide bonds. The maximum Gasteiger partial charge on any atom is 0.239 e. The smallest absolute Gasteiger partial charge is 0.239 e. The molecule has 0 spiro atoms. The summed E-state index contributed by atoms with van der Waals surface area (Å²) >= 11 is 1.50. The Balaban J connectivity index is 0.00000242. The lowest BCUT2D eigenvalue weighted by Crippen LogP contribution is -2.44. The van der Waals surface area contributed by atoms with Crippen molar-refractivity contribution in [1.82, 2.24) is 15.3 Å². The minimum absolute atomic E-state index is 0. The minimum Gasteiger partial charge on any atom is -0.383 e. The summed E-state index contributed by atoms with van der Waals surface area (Å²) < 4.78 is 4.87. The zero-order chi connectivity index (χ0) is 15.2. The van der Waals surface area contributed by atoms with E-state index in [1.807, 2.05) is 24.4 Å². The van der Waals surface area contributed by atoms with Crippen LogP contribution in [0.2, 0.25) is 0 Å². The summed E-state index contributed by atoms with van der Waals surface area (Å²) in [6.07, 6.45) is 3.45. The fourth-order valence-electron chi connectivity index (χ4n) is 1.78. The molecule has 2 aromatic heterocycles. The van der Waals surface area contributed by atoms with Gasteiger partial charge in [-0.05, 0) is 19.1 Å². The number of nitrogens with one attached hydrogen (secondary N) is 1. The average molecular weight is 379 g/mol. The van der Waals surface area contributed by atoms with Gasteiger partial charge in [0.05, 0.1) is 18.3 Å². The summed E-state index contributed by atoms with van der Waals surface area (Å²) in [4.78, 5) is 20.4. The molecule has 0 aliphatic rings. The number of carbonyl (C=O) groups is 1. The molecule has 2 unspecified atom stereocenters. The highest BCUT2D eigenvalue weighted by Gasteiger charge is 2.18. The Bertz CT molecular complexity index is 597. The number of pyridine rings is 1. The van der Waals surface area contributed by atoms with Crippen molar-refractivity contribution in [1.29, 1.82) is 0 Å². The lowest BCUT2D eigenvalue weighted by molar-refractivity contribution is -0.124. The van der Waals surface area contributed by atoms with E-state index in [1.54, 1.807) is 12.4 Å². The molecule has 23 heavy (non-hydrogen) atoms. The van der Waals surface area contributed by atoms with Crippen LogP contribution in [-0.2, 0) is 9.53 Å². The van der Waals surface area contributed by atoms with Gasteiger partial charge in [-0.3, -0.25) is 9.78 Å². The Morgan fingerprint density at radius 1 is 1.39 bits per heavy atom. The topological polar surface area (TPSA) is 90.1 Å². The normalized spacial score (nSPS) is 12.5. The molecule has 0 aliphatic carbocycles. The van der Waals surface area contributed by atoms with Gasteiger partial charge in [0.15, 0.2) is 0 Å². The molecule has 0 fully saturated rings. The van der Waals surface area contributed by atoms with Crippen LogP contribution in [0.25, 0.3) is 11.3 Å². The Labute approximate surface area is 151 Å². The largest absolute Gasteiger partial charge is 0.383 e. The second-order valence-corrected chi connectivity index (χ2v) is 5.49. The van der Waals surface area contributed by atoms with Crippen LogP contribution in [-0.4, -0.2) is 35.6 Å². The van der Waals surface area contributed by atoms with Gasteiger partial charge < -0.3 is 15.8 Å². The Morgan fingerprint density at radius 3 is 2.65 bits per heavy atom. The van der Waals surface area contributed by atoms with Crippen LogP contribution in [0.4, 0.5) is 0 Å². The van der Waals surface area contributed by atoms with Gasteiger partial charge in [0.25, 0.3) is 0 Å². The molecule has 0 saturated carbocycles. The number of nitrogens with two attached hydrogens (primary N) is 1. The molecular weight excluding hydrogens is 359 g/mol. The van der Waals surface area contributed by atoms with Crippen LogP contribution in [0.15, 0.2) is 29.9 Å². The summed E-state index contributed by atoms with van der Waals surface area (Å²) in [5.41, 5.74) is 7.57. The molecule has 3 N–H and O–H groups in total. The predicted octanol–water partition coefficient (Wildman–Crippen LogP) is 2.20. The third-order valence-corrected chi connectivity index (χ3v) is 3.94. The van der Waals surface area contributed by atoms with Gasteiger partial charge in [-0.1, -0.05) is 0 Å². The number of amides is 1. The quantitative estimate of drug-likeness (QED) is 0.803. The van der Waals surface area contributed by atoms with E-state index in [1.165, 1.54) is 18.4 Å². The molecule has 2 rings (SSSR count). The van der Waals surface area contributed by atoms with Gasteiger partial charge in [0.2, 0.25) is 5.91 Å². The van der Waals surface area contributed by atoms with E-state index >= 15 is 0 Å². The van der Waals surface area contributed by atoms with Crippen molar-refractivity contribution in [2.24, 2.45) is 5.73 Å². The van der Waals surface area contributed by atoms with Crippen molar-refractivity contribution in [2.75, 3.05) is 13.7 Å². The third-order valence-electron chi connectivity index (χ3n) is 2.91. The van der Waals surface area contributed by atoms with Crippen molar-refractivity contribution >= 4 is 42.1 Å². The van der Waals surface area contributed by atoms with Crippen molar-refractivity contribution in [2.45, 2.75) is 19.0 Å². The standard InChI is InChI=1S/C14H18N4O2S.2ClH/c1-9(17-13(19)11(15)7-20-2)14-18-12(8-21-14)10-3-5-16-6-4-10;;/h3-6,8-9,11H,7,15H2,1-2H3,(H,17,19);2*1H. The summed E-state index contributed by atoms with van der Waals surface area (Å²) in [6, 6.07) is 2.94. The predicted molar refractivity (Wildman–Crippen MR) is 96.3 cm³/mol. The SMILES string of the molecule is COCC(N)C(=O)NC(C)c1nc(-c2ccncc2)cs1.Cl.Cl. The van der Waals surface area contributed by atoms with Crippen molar-refractivity contribution in [3.05, 3.63) is 34.9 Å². The molecule has 2 heterocycles. The number of aromatic nitrogens is 2. The number of thiazole rings is 1. The van der Waals surface area contributed by atoms with Gasteiger partial charge in [-0.2, -0.15) is 0 Å². The molecule has 0 aromatic carbocycles. The molecule has 9 heteroatoms. The zero-order valence-electron chi connectivity index (χ0n) is 12.8. The Kier molecular flexibility index (Phi) is 9.94. The zero-order valence-corrected chi connectivity index (χ0v) is 15.2. The van der Waals surface area contributed by atoms with Crippen LogP contribution < -0.4 is 11.1 Å². The summed E-state index contributed by atoms with van der Waals surface area (Å²) in [5, 5.41) is 5.63. The number of nitrogens with zero attached hydrogens (tertiary/aromatic N) is 2. The van der Waals surface area contributed by atoms with Gasteiger partial charge in [-0.15, -0.1) is 36.2 Å². The number of ether oxygens (including phenoxy) is 1. The first-order valence-electron chi connectivity index (χ1n) is 6.52. The van der Waals surface area contributed by atoms with E-state index in [4.69, 9.17) is 10.5 Å². The molecule has 6 nitrogen and oxygen atoms in total. The van der Waals surface area contributed by atoms with Crippen LogP contribution >= 0.6 is 36.2 Å². The molecule has 2 atom stereocenters. The molecule has 0 radical (unpaired) electrons. The first-order chi connectivity index (χ1) is 10.1. The van der Waals surface area contributed by atoms with Crippen molar-refractivity contribution in [3.63, 3.8) is 0 Å². The number of halogens is 2. The summed E-state index contributed by atoms with van der Waals surface area (Å²) in [6.45, 7) is 2.07. The third kappa shape index (κ3) is 6.04. The molecule has 0 aliphatic heterocycles. The van der Waals surface area contributed by atoms with Gasteiger partial charge in [-0.25, -0.2) is 4.98 Å². The van der Waals surface area contributed by atoms with E-state index in [0.29, 0.717) is 0 Å². The number of hydrogen-bond acceptors (Lipinski definition) is 6. The van der Waals surface area contributed by atoms with Crippen molar-refractivity contribution < 1.29 is 9.53 Å². The van der Waals surface area contributed by atoms with E-state index in [0.717, 1.165) is 16.3 Å². The molecule has 0 bridgehead atoms. The van der Waals surface area contributed by atoms with Crippen LogP contribution in [0.3, 0.4) is 0 Å². The monoisotopic (exact) mass is 378 g/mol. The van der Waals surface area contributed by atoms with E-state index < -0.39 is 6.04 Å². The van der Waals surface area contributed by atoms with Gasteiger partial charge in [0, 0.05) is 30.4 Å². The van der Waals surface area contributed by atoms with Crippen LogP contribution in [0, 0.1) is 0 Å². The number of carbonyl (C=O) groups excluding carboxylic acids is 1. The summed E-state index contributed by atoms with van der Waals surface area (Å²) in [5.74, 6) is -0.245. The second-order valence-electron chi connectivity index (χ2n) is 4.60. The fraction of sp³-hybridized carbons (Fsp3) is 0.357. The first-order valence-corrected chi connectivity index (χ1v) is 7.40. The van der Waals surface area contributed by atoms with Crippen molar-refractivity contribution in [3.8, 4) is 11.3 Å². The number of rotatable bonds is 6. The van der Waals surface area contributed by atoms with Crippen LogP contribution in [0.5, 0.6) is 0 Å². The number of methoxy groups -OCH3 is 1. The van der Waals surface area contributed by atoms with E-state index in [2.05, 4.69) is 15.3 Å². The first kappa shape index (κ1) is 21.8. The Hall–Kier alpha value is -1.25. The number of hydrogen-bond donors (Lipinski definition) is 2. The molecule has 128 valence electrons. The van der Waals surface area contributed by atoms with E-state index in [9.17, 15) is 4.79 Å². The maximum atomic E-state index is 11.8. The van der Waals surface area contributed by atoms with E-state index in [-0.39, 0.29) is 43.4 Å². The molecule has 2 aromatic rings. The Morgan fingerprint density at radius 2 is 2.04 bits per heavy atom. The second kappa shape index (κ2) is 10.5. The highest BCUT2D eigenvalue weighted by Crippen LogP contribution is 2.24. The fourth-order valence-corrected chi connectivity index (χ4v) is 2.61. The average Bonchev–Trinajstić information content (AvgIpc) is 2.98. The lowest BCUT2D eigenvalue weighted by atomic mass is 10.2. The molecule has 0 saturated heterocycles. The highest BCUT2D eigenvalue weighted by molar-refractivity contribution is 7.10. The van der Waals surface area contributed by atoms with Gasteiger partial charge >= 0.3 is 0 Å². The lowest BCUT2D eigenvalue weighted by Gasteiger charge is -2.15. The molecular formula is C14H20Cl2N4O2S. The van der Waals surface area contributed by atoms with Gasteiger partial charge in [0.1, 0.15) is 11.0 Å². The minimum atomic E-state index is -0.669. The van der Waals surface area contributed by atoms with Crippen LogP contribution in [0.1, 0.15) is 18.0 Å².